The zero-order chi connectivity index (χ0) is 14.0. The fourth-order valence-corrected chi connectivity index (χ4v) is 2.95. The Balaban J connectivity index is 2.33. The first-order valence-corrected chi connectivity index (χ1v) is 7.29. The molecule has 1 unspecified atom stereocenters. The molecule has 106 valence electrons. The third-order valence-electron chi connectivity index (χ3n) is 4.61. The summed E-state index contributed by atoms with van der Waals surface area (Å²) in [4.78, 5) is 2.36. The molecule has 0 bridgehead atoms. The Bertz CT molecular complexity index is 440. The summed E-state index contributed by atoms with van der Waals surface area (Å²) in [6, 6.07) is 5.48. The topological polar surface area (TPSA) is 15.3 Å². The maximum atomic E-state index is 13.5. The lowest BCUT2D eigenvalue weighted by Gasteiger charge is -2.48. The Kier molecular flexibility index (Phi) is 4.14. The zero-order valence-electron chi connectivity index (χ0n) is 12.5. The lowest BCUT2D eigenvalue weighted by molar-refractivity contribution is 0.253. The minimum absolute atomic E-state index is 0.148. The van der Waals surface area contributed by atoms with E-state index in [-0.39, 0.29) is 11.4 Å². The maximum absolute atomic E-state index is 13.5. The van der Waals surface area contributed by atoms with Gasteiger partial charge in [-0.2, -0.15) is 0 Å². The number of rotatable bonds is 3. The second-order valence-corrected chi connectivity index (χ2v) is 5.78. The van der Waals surface area contributed by atoms with Gasteiger partial charge in [0.25, 0.3) is 0 Å². The average molecular weight is 264 g/mol. The molecular weight excluding hydrogens is 239 g/mol. The van der Waals surface area contributed by atoms with Crippen LogP contribution in [-0.4, -0.2) is 24.7 Å². The van der Waals surface area contributed by atoms with Gasteiger partial charge in [0.1, 0.15) is 5.82 Å². The van der Waals surface area contributed by atoms with Crippen molar-refractivity contribution in [2.24, 2.45) is 0 Å². The number of nitrogens with one attached hydrogen (secondary N) is 1. The summed E-state index contributed by atoms with van der Waals surface area (Å²) < 4.78 is 13.5. The summed E-state index contributed by atoms with van der Waals surface area (Å²) in [6.07, 6.45) is 2.20. The Labute approximate surface area is 116 Å². The molecule has 1 aliphatic rings. The van der Waals surface area contributed by atoms with E-state index in [0.29, 0.717) is 6.04 Å². The third kappa shape index (κ3) is 2.76. The highest BCUT2D eigenvalue weighted by atomic mass is 19.1. The molecule has 1 fully saturated rings. The maximum Gasteiger partial charge on any atom is 0.125 e. The molecule has 1 N–H and O–H groups in total. The van der Waals surface area contributed by atoms with Gasteiger partial charge in [-0.1, -0.05) is 19.9 Å². The van der Waals surface area contributed by atoms with Crippen LogP contribution in [0.3, 0.4) is 0 Å². The minimum atomic E-state index is -0.148. The van der Waals surface area contributed by atoms with Crippen LogP contribution in [0, 0.1) is 12.7 Å². The molecule has 19 heavy (non-hydrogen) atoms. The number of aryl methyl sites for hydroxylation is 1. The molecule has 1 aromatic carbocycles. The fourth-order valence-electron chi connectivity index (χ4n) is 2.95. The Morgan fingerprint density at radius 1 is 1.37 bits per heavy atom. The summed E-state index contributed by atoms with van der Waals surface area (Å²) >= 11 is 0. The number of halogens is 1. The molecule has 1 atom stereocenters. The van der Waals surface area contributed by atoms with Gasteiger partial charge in [0.05, 0.1) is 0 Å². The molecule has 0 radical (unpaired) electrons. The van der Waals surface area contributed by atoms with E-state index in [0.717, 1.165) is 37.2 Å². The molecule has 2 rings (SSSR count). The second kappa shape index (κ2) is 5.49. The first-order valence-electron chi connectivity index (χ1n) is 7.29. The predicted molar refractivity (Wildman–Crippen MR) is 79.3 cm³/mol. The van der Waals surface area contributed by atoms with E-state index in [1.54, 1.807) is 12.1 Å². The van der Waals surface area contributed by atoms with Crippen molar-refractivity contribution in [2.45, 2.75) is 52.1 Å². The number of nitrogens with zero attached hydrogens (tertiary/aromatic N) is 1. The standard InChI is InChI=1S/C16H25FN2/c1-5-16(6-2)11-19(13(4)10-18-16)15-9-14(17)8-7-12(15)3/h7-9,13,18H,5-6,10-11H2,1-4H3. The number of anilines is 1. The lowest BCUT2D eigenvalue weighted by Crippen LogP contribution is -2.63. The number of benzene rings is 1. The molecule has 2 nitrogen and oxygen atoms in total. The smallest absolute Gasteiger partial charge is 0.125 e. The van der Waals surface area contributed by atoms with Crippen LogP contribution in [-0.2, 0) is 0 Å². The predicted octanol–water partition coefficient (Wildman–Crippen LogP) is 3.49. The van der Waals surface area contributed by atoms with Crippen LogP contribution >= 0.6 is 0 Å². The van der Waals surface area contributed by atoms with Crippen LogP contribution in [0.15, 0.2) is 18.2 Å². The molecule has 0 spiro atoms. The summed E-state index contributed by atoms with van der Waals surface area (Å²) in [5.41, 5.74) is 2.35. The van der Waals surface area contributed by atoms with Crippen molar-refractivity contribution >= 4 is 5.69 Å². The molecule has 3 heteroatoms. The number of hydrogen-bond donors (Lipinski definition) is 1. The van der Waals surface area contributed by atoms with Crippen molar-refractivity contribution in [3.05, 3.63) is 29.6 Å². The number of hydrogen-bond acceptors (Lipinski definition) is 2. The van der Waals surface area contributed by atoms with Crippen molar-refractivity contribution in [2.75, 3.05) is 18.0 Å². The van der Waals surface area contributed by atoms with E-state index in [1.165, 1.54) is 0 Å². The van der Waals surface area contributed by atoms with Gasteiger partial charge in [0.2, 0.25) is 0 Å². The van der Waals surface area contributed by atoms with E-state index in [2.05, 4.69) is 37.9 Å². The van der Waals surface area contributed by atoms with Gasteiger partial charge in [-0.3, -0.25) is 0 Å². The minimum Gasteiger partial charge on any atom is -0.365 e. The van der Waals surface area contributed by atoms with Gasteiger partial charge in [0, 0.05) is 30.4 Å². The first-order chi connectivity index (χ1) is 9.01. The average Bonchev–Trinajstić information content (AvgIpc) is 2.43. The van der Waals surface area contributed by atoms with Gasteiger partial charge in [0.15, 0.2) is 0 Å². The Morgan fingerprint density at radius 3 is 2.68 bits per heavy atom. The quantitative estimate of drug-likeness (QED) is 0.899. The van der Waals surface area contributed by atoms with Crippen molar-refractivity contribution in [3.63, 3.8) is 0 Å². The normalized spacial score (nSPS) is 22.6. The molecule has 1 aliphatic heterocycles. The summed E-state index contributed by atoms with van der Waals surface area (Å²) in [6.45, 7) is 10.6. The summed E-state index contributed by atoms with van der Waals surface area (Å²) in [7, 11) is 0. The molecule has 1 heterocycles. The van der Waals surface area contributed by atoms with Crippen molar-refractivity contribution in [3.8, 4) is 0 Å². The molecular formula is C16H25FN2. The monoisotopic (exact) mass is 264 g/mol. The molecule has 0 aromatic heterocycles. The van der Waals surface area contributed by atoms with Crippen LogP contribution in [0.4, 0.5) is 10.1 Å². The van der Waals surface area contributed by atoms with Gasteiger partial charge in [-0.05, 0) is 44.4 Å². The van der Waals surface area contributed by atoms with E-state index in [9.17, 15) is 4.39 Å². The SMILES string of the molecule is CCC1(CC)CN(c2cc(F)ccc2C)C(C)CN1. The van der Waals surface area contributed by atoms with Crippen LogP contribution in [0.5, 0.6) is 0 Å². The lowest BCUT2D eigenvalue weighted by atomic mass is 9.88. The molecule has 1 aromatic rings. The van der Waals surface area contributed by atoms with Crippen LogP contribution < -0.4 is 10.2 Å². The van der Waals surface area contributed by atoms with Crippen LogP contribution in [0.25, 0.3) is 0 Å². The third-order valence-corrected chi connectivity index (χ3v) is 4.61. The Hall–Kier alpha value is -1.09. The van der Waals surface area contributed by atoms with E-state index < -0.39 is 0 Å². The highest BCUT2D eigenvalue weighted by molar-refractivity contribution is 5.55. The first kappa shape index (κ1) is 14.3. The van der Waals surface area contributed by atoms with E-state index in [4.69, 9.17) is 0 Å². The largest absolute Gasteiger partial charge is 0.365 e. The second-order valence-electron chi connectivity index (χ2n) is 5.78. The molecule has 0 amide bonds. The van der Waals surface area contributed by atoms with Gasteiger partial charge < -0.3 is 10.2 Å². The van der Waals surface area contributed by atoms with Crippen LogP contribution in [0.2, 0.25) is 0 Å². The summed E-state index contributed by atoms with van der Waals surface area (Å²) in [5.74, 6) is -0.148. The zero-order valence-corrected chi connectivity index (χ0v) is 12.5. The summed E-state index contributed by atoms with van der Waals surface area (Å²) in [5, 5.41) is 3.68. The van der Waals surface area contributed by atoms with Gasteiger partial charge >= 0.3 is 0 Å². The van der Waals surface area contributed by atoms with Crippen LogP contribution in [0.1, 0.15) is 39.2 Å². The molecule has 1 saturated heterocycles. The fraction of sp³-hybridized carbons (Fsp3) is 0.625. The van der Waals surface area contributed by atoms with E-state index in [1.807, 2.05) is 6.07 Å². The molecule has 0 aliphatic carbocycles. The molecule has 0 saturated carbocycles. The Morgan fingerprint density at radius 2 is 2.05 bits per heavy atom. The van der Waals surface area contributed by atoms with Crippen molar-refractivity contribution in [1.82, 2.24) is 5.32 Å². The number of piperazine rings is 1. The van der Waals surface area contributed by atoms with E-state index >= 15 is 0 Å². The van der Waals surface area contributed by atoms with Gasteiger partial charge in [-0.15, -0.1) is 0 Å². The van der Waals surface area contributed by atoms with Gasteiger partial charge in [-0.25, -0.2) is 4.39 Å². The highest BCUT2D eigenvalue weighted by Crippen LogP contribution is 2.30. The highest BCUT2D eigenvalue weighted by Gasteiger charge is 2.35. The van der Waals surface area contributed by atoms with Crippen molar-refractivity contribution in [1.29, 1.82) is 0 Å². The van der Waals surface area contributed by atoms with Crippen molar-refractivity contribution < 1.29 is 4.39 Å².